The number of nitrogens with two attached hydrogens (primary N) is 1. The van der Waals surface area contributed by atoms with Crippen molar-refractivity contribution in [1.82, 2.24) is 4.31 Å². The van der Waals surface area contributed by atoms with Gasteiger partial charge in [0.15, 0.2) is 0 Å². The van der Waals surface area contributed by atoms with Crippen molar-refractivity contribution < 1.29 is 8.42 Å². The summed E-state index contributed by atoms with van der Waals surface area (Å²) in [6, 6.07) is 3.11. The summed E-state index contributed by atoms with van der Waals surface area (Å²) in [7, 11) is -1.86. The summed E-state index contributed by atoms with van der Waals surface area (Å²) < 4.78 is 27.1. The third kappa shape index (κ3) is 3.35. The number of aryl methyl sites for hydroxylation is 1. The molecule has 4 nitrogen and oxygen atoms in total. The first kappa shape index (κ1) is 16.6. The van der Waals surface area contributed by atoms with E-state index in [0.29, 0.717) is 22.2 Å². The zero-order valence-corrected chi connectivity index (χ0v) is 14.3. The molecule has 1 fully saturated rings. The van der Waals surface area contributed by atoms with Crippen molar-refractivity contribution in [2.24, 2.45) is 5.92 Å². The second kappa shape index (κ2) is 6.15. The van der Waals surface area contributed by atoms with Gasteiger partial charge < -0.3 is 5.73 Å². The molecule has 0 saturated heterocycles. The average molecular weight is 331 g/mol. The summed E-state index contributed by atoms with van der Waals surface area (Å²) in [6.07, 6.45) is 4.09. The molecule has 0 aliphatic heterocycles. The summed E-state index contributed by atoms with van der Waals surface area (Å²) in [5, 5.41) is 0.419. The van der Waals surface area contributed by atoms with E-state index in [1.54, 1.807) is 20.0 Å². The molecule has 1 saturated carbocycles. The molecule has 0 aromatic heterocycles. The molecular weight excluding hydrogens is 308 g/mol. The van der Waals surface area contributed by atoms with Crippen LogP contribution in [0.25, 0.3) is 0 Å². The molecule has 118 valence electrons. The van der Waals surface area contributed by atoms with Crippen molar-refractivity contribution in [3.05, 3.63) is 22.7 Å². The standard InChI is InChI=1S/C15H23ClN2O2S/c1-10-5-4-6-12(7-10)18(3)21(19,20)13-8-11(2)15(16)14(17)9-13/h8-10,12H,4-7,17H2,1-3H3. The molecule has 21 heavy (non-hydrogen) atoms. The molecule has 0 heterocycles. The summed E-state index contributed by atoms with van der Waals surface area (Å²) >= 11 is 6.01. The predicted molar refractivity (Wildman–Crippen MR) is 87.0 cm³/mol. The molecule has 0 amide bonds. The Balaban J connectivity index is 2.33. The Bertz CT molecular complexity index is 608. The van der Waals surface area contributed by atoms with Crippen molar-refractivity contribution in [3.63, 3.8) is 0 Å². The number of hydrogen-bond acceptors (Lipinski definition) is 3. The van der Waals surface area contributed by atoms with Gasteiger partial charge in [0.1, 0.15) is 0 Å². The minimum atomic E-state index is -3.53. The highest BCUT2D eigenvalue weighted by molar-refractivity contribution is 7.89. The van der Waals surface area contributed by atoms with Gasteiger partial charge in [-0.15, -0.1) is 0 Å². The van der Waals surface area contributed by atoms with Crippen LogP contribution in [0.15, 0.2) is 17.0 Å². The lowest BCUT2D eigenvalue weighted by Gasteiger charge is -2.33. The Hall–Kier alpha value is -0.780. The normalized spacial score (nSPS) is 23.5. The first-order chi connectivity index (χ1) is 9.73. The van der Waals surface area contributed by atoms with Gasteiger partial charge in [0, 0.05) is 13.1 Å². The highest BCUT2D eigenvalue weighted by atomic mass is 35.5. The van der Waals surface area contributed by atoms with Crippen LogP contribution in [0.2, 0.25) is 5.02 Å². The maximum absolute atomic E-state index is 12.8. The highest BCUT2D eigenvalue weighted by Gasteiger charge is 2.31. The Labute approximate surface area is 132 Å². The molecule has 1 aromatic carbocycles. The van der Waals surface area contributed by atoms with Gasteiger partial charge in [0.2, 0.25) is 10.0 Å². The minimum Gasteiger partial charge on any atom is -0.397 e. The number of rotatable bonds is 3. The van der Waals surface area contributed by atoms with Crippen LogP contribution in [0.4, 0.5) is 5.69 Å². The maximum Gasteiger partial charge on any atom is 0.243 e. The van der Waals surface area contributed by atoms with Crippen LogP contribution >= 0.6 is 11.6 Å². The molecular formula is C15H23ClN2O2S. The molecule has 2 N–H and O–H groups in total. The van der Waals surface area contributed by atoms with Crippen LogP contribution < -0.4 is 5.73 Å². The van der Waals surface area contributed by atoms with Crippen molar-refractivity contribution in [3.8, 4) is 0 Å². The van der Waals surface area contributed by atoms with E-state index in [1.165, 1.54) is 16.8 Å². The van der Waals surface area contributed by atoms with Crippen molar-refractivity contribution in [2.45, 2.75) is 50.5 Å². The third-order valence-corrected chi connectivity index (χ3v) is 6.76. The minimum absolute atomic E-state index is 0.0657. The van der Waals surface area contributed by atoms with Gasteiger partial charge in [-0.3, -0.25) is 0 Å². The Kier molecular flexibility index (Phi) is 4.85. The number of nitrogen functional groups attached to an aromatic ring is 1. The second-order valence-electron chi connectivity index (χ2n) is 6.09. The first-order valence-corrected chi connectivity index (χ1v) is 9.09. The Morgan fingerprint density at radius 3 is 2.57 bits per heavy atom. The van der Waals surface area contributed by atoms with Crippen molar-refractivity contribution in [1.29, 1.82) is 0 Å². The van der Waals surface area contributed by atoms with E-state index in [-0.39, 0.29) is 10.9 Å². The highest BCUT2D eigenvalue weighted by Crippen LogP contribution is 2.32. The van der Waals surface area contributed by atoms with Crippen LogP contribution in [0.1, 0.15) is 38.2 Å². The molecule has 2 rings (SSSR count). The lowest BCUT2D eigenvalue weighted by atomic mass is 9.87. The third-order valence-electron chi connectivity index (χ3n) is 4.36. The fourth-order valence-corrected chi connectivity index (χ4v) is 4.63. The first-order valence-electron chi connectivity index (χ1n) is 7.27. The molecule has 0 bridgehead atoms. The fraction of sp³-hybridized carbons (Fsp3) is 0.600. The lowest BCUT2D eigenvalue weighted by molar-refractivity contribution is 0.239. The quantitative estimate of drug-likeness (QED) is 0.863. The zero-order valence-electron chi connectivity index (χ0n) is 12.8. The molecule has 1 aromatic rings. The number of halogens is 1. The van der Waals surface area contributed by atoms with Crippen LogP contribution in [-0.4, -0.2) is 25.8 Å². The van der Waals surface area contributed by atoms with Gasteiger partial charge in [-0.1, -0.05) is 31.4 Å². The molecule has 0 radical (unpaired) electrons. The van der Waals surface area contributed by atoms with E-state index < -0.39 is 10.0 Å². The van der Waals surface area contributed by atoms with Crippen LogP contribution in [0.3, 0.4) is 0 Å². The van der Waals surface area contributed by atoms with Crippen molar-refractivity contribution >= 4 is 27.3 Å². The maximum atomic E-state index is 12.8. The number of hydrogen-bond donors (Lipinski definition) is 1. The molecule has 2 atom stereocenters. The van der Waals surface area contributed by atoms with E-state index >= 15 is 0 Å². The number of anilines is 1. The summed E-state index contributed by atoms with van der Waals surface area (Å²) in [5.41, 5.74) is 6.79. The van der Waals surface area contributed by atoms with Gasteiger partial charge in [-0.25, -0.2) is 8.42 Å². The Morgan fingerprint density at radius 1 is 1.33 bits per heavy atom. The fourth-order valence-electron chi connectivity index (χ4n) is 3.01. The van der Waals surface area contributed by atoms with E-state index in [9.17, 15) is 8.42 Å². The summed E-state index contributed by atoms with van der Waals surface area (Å²) in [6.45, 7) is 3.94. The molecule has 6 heteroatoms. The Morgan fingerprint density at radius 2 is 2.00 bits per heavy atom. The van der Waals surface area contributed by atoms with E-state index in [0.717, 1.165) is 19.3 Å². The smallest absolute Gasteiger partial charge is 0.243 e. The van der Waals surface area contributed by atoms with Gasteiger partial charge >= 0.3 is 0 Å². The van der Waals surface area contributed by atoms with Gasteiger partial charge in [0.05, 0.1) is 15.6 Å². The second-order valence-corrected chi connectivity index (χ2v) is 8.47. The van der Waals surface area contributed by atoms with Crippen LogP contribution in [-0.2, 0) is 10.0 Å². The molecule has 2 unspecified atom stereocenters. The molecule has 1 aliphatic carbocycles. The predicted octanol–water partition coefficient (Wildman–Crippen LogP) is 3.43. The topological polar surface area (TPSA) is 63.4 Å². The monoisotopic (exact) mass is 330 g/mol. The number of sulfonamides is 1. The average Bonchev–Trinajstić information content (AvgIpc) is 2.43. The van der Waals surface area contributed by atoms with Crippen LogP contribution in [0.5, 0.6) is 0 Å². The van der Waals surface area contributed by atoms with E-state index in [4.69, 9.17) is 17.3 Å². The lowest BCUT2D eigenvalue weighted by Crippen LogP contribution is -2.39. The summed E-state index contributed by atoms with van der Waals surface area (Å²) in [5.74, 6) is 0.568. The van der Waals surface area contributed by atoms with E-state index in [1.807, 2.05) is 0 Å². The number of benzene rings is 1. The van der Waals surface area contributed by atoms with Gasteiger partial charge in [-0.05, 0) is 43.4 Å². The number of nitrogens with zero attached hydrogens (tertiary/aromatic N) is 1. The van der Waals surface area contributed by atoms with Crippen LogP contribution in [0, 0.1) is 12.8 Å². The SMILES string of the molecule is Cc1cc(S(=O)(=O)N(C)C2CCCC(C)C2)cc(N)c1Cl. The van der Waals surface area contributed by atoms with Gasteiger partial charge in [-0.2, -0.15) is 4.31 Å². The van der Waals surface area contributed by atoms with E-state index in [2.05, 4.69) is 6.92 Å². The van der Waals surface area contributed by atoms with Crippen molar-refractivity contribution in [2.75, 3.05) is 12.8 Å². The van der Waals surface area contributed by atoms with Gasteiger partial charge in [0.25, 0.3) is 0 Å². The zero-order chi connectivity index (χ0) is 15.8. The largest absolute Gasteiger partial charge is 0.397 e. The summed E-state index contributed by atoms with van der Waals surface area (Å²) in [4.78, 5) is 0.225. The molecule has 0 spiro atoms. The molecule has 1 aliphatic rings.